The molecule has 4 aromatic rings. The Bertz CT molecular complexity index is 1300. The van der Waals surface area contributed by atoms with Gasteiger partial charge in [0, 0.05) is 23.4 Å². The number of pyridine rings is 1. The van der Waals surface area contributed by atoms with Crippen molar-refractivity contribution >= 4 is 28.4 Å². The average molecular weight is 402 g/mol. The van der Waals surface area contributed by atoms with Gasteiger partial charge in [-0.05, 0) is 46.5 Å². The summed E-state index contributed by atoms with van der Waals surface area (Å²) in [4.78, 5) is 33.6. The molecule has 0 unspecified atom stereocenters. The number of benzene rings is 3. The average Bonchev–Trinajstić information content (AvgIpc) is 3.09. The molecular formula is C27H18N2O2. The molecule has 4 heteroatoms. The second-order valence-electron chi connectivity index (χ2n) is 8.62. The van der Waals surface area contributed by atoms with E-state index in [4.69, 9.17) is 0 Å². The number of anilines is 1. The molecule has 1 fully saturated rings. The van der Waals surface area contributed by atoms with Gasteiger partial charge in [0.2, 0.25) is 11.8 Å². The third kappa shape index (κ3) is 2.02. The molecule has 0 saturated carbocycles. The van der Waals surface area contributed by atoms with Crippen LogP contribution in [0.25, 0.3) is 10.9 Å². The molecular weight excluding hydrogens is 384 g/mol. The first-order chi connectivity index (χ1) is 15.3. The molecule has 0 spiro atoms. The van der Waals surface area contributed by atoms with Gasteiger partial charge in [-0.15, -0.1) is 0 Å². The Kier molecular flexibility index (Phi) is 3.22. The fourth-order valence-corrected chi connectivity index (χ4v) is 6.20. The molecule has 0 N–H and O–H groups in total. The fourth-order valence-electron chi connectivity index (χ4n) is 6.20. The van der Waals surface area contributed by atoms with Crippen LogP contribution in [-0.4, -0.2) is 16.8 Å². The minimum atomic E-state index is -0.366. The van der Waals surface area contributed by atoms with E-state index in [9.17, 15) is 9.59 Å². The number of amides is 2. The van der Waals surface area contributed by atoms with E-state index >= 15 is 0 Å². The summed E-state index contributed by atoms with van der Waals surface area (Å²) in [5.74, 6) is -1.09. The standard InChI is InChI=1S/C27H18N2O2/c30-26-24-22-15-7-1-2-8-16(15)23(18-10-4-3-9-17(18)22)25(24)27(31)29(26)21-13-5-12-20-19(21)11-6-14-28-20/h1-14,22-25H/t22?,23?,24-,25-/m1/s1. The maximum absolute atomic E-state index is 13.9. The molecule has 3 aromatic carbocycles. The predicted octanol–water partition coefficient (Wildman–Crippen LogP) is 4.63. The number of imide groups is 1. The van der Waals surface area contributed by atoms with E-state index in [-0.39, 0.29) is 35.5 Å². The van der Waals surface area contributed by atoms with Crippen molar-refractivity contribution < 1.29 is 9.59 Å². The number of rotatable bonds is 1. The summed E-state index contributed by atoms with van der Waals surface area (Å²) in [5.41, 5.74) is 6.18. The van der Waals surface area contributed by atoms with Crippen LogP contribution < -0.4 is 4.90 Å². The molecule has 4 nitrogen and oxygen atoms in total. The molecule has 1 aliphatic heterocycles. The molecule has 1 aromatic heterocycles. The molecule has 2 atom stereocenters. The Morgan fingerprint density at radius 3 is 1.71 bits per heavy atom. The maximum atomic E-state index is 13.9. The van der Waals surface area contributed by atoms with Gasteiger partial charge in [0.1, 0.15) is 0 Å². The molecule has 8 rings (SSSR count). The molecule has 2 heterocycles. The Hall–Kier alpha value is -3.79. The predicted molar refractivity (Wildman–Crippen MR) is 118 cm³/mol. The summed E-state index contributed by atoms with van der Waals surface area (Å²) in [5, 5.41) is 0.827. The first kappa shape index (κ1) is 16.9. The van der Waals surface area contributed by atoms with Crippen molar-refractivity contribution in [1.82, 2.24) is 4.98 Å². The van der Waals surface area contributed by atoms with Crippen molar-refractivity contribution in [2.45, 2.75) is 11.8 Å². The number of hydrogen-bond acceptors (Lipinski definition) is 3. The van der Waals surface area contributed by atoms with Gasteiger partial charge < -0.3 is 0 Å². The van der Waals surface area contributed by atoms with Gasteiger partial charge in [0.15, 0.2) is 0 Å². The molecule has 3 aliphatic carbocycles. The third-order valence-electron chi connectivity index (χ3n) is 7.31. The van der Waals surface area contributed by atoms with Gasteiger partial charge in [0.25, 0.3) is 0 Å². The smallest absolute Gasteiger partial charge is 0.238 e. The highest BCUT2D eigenvalue weighted by atomic mass is 16.2. The number of carbonyl (C=O) groups is 2. The van der Waals surface area contributed by atoms with Crippen LogP contribution in [-0.2, 0) is 9.59 Å². The first-order valence-electron chi connectivity index (χ1n) is 10.6. The van der Waals surface area contributed by atoms with Crippen LogP contribution in [0.1, 0.15) is 34.1 Å². The first-order valence-corrected chi connectivity index (χ1v) is 10.6. The number of carbonyl (C=O) groups excluding carboxylic acids is 2. The van der Waals surface area contributed by atoms with Gasteiger partial charge in [-0.3, -0.25) is 14.6 Å². The zero-order valence-corrected chi connectivity index (χ0v) is 16.6. The molecule has 1 saturated heterocycles. The van der Waals surface area contributed by atoms with Crippen molar-refractivity contribution in [3.63, 3.8) is 0 Å². The van der Waals surface area contributed by atoms with Crippen LogP contribution in [0.15, 0.2) is 85.1 Å². The molecule has 2 amide bonds. The van der Waals surface area contributed by atoms with Gasteiger partial charge in [-0.25, -0.2) is 4.90 Å². The lowest BCUT2D eigenvalue weighted by Crippen LogP contribution is -2.41. The topological polar surface area (TPSA) is 50.3 Å². The van der Waals surface area contributed by atoms with Gasteiger partial charge in [-0.1, -0.05) is 54.6 Å². The summed E-state index contributed by atoms with van der Waals surface area (Å²) in [6.45, 7) is 0. The van der Waals surface area contributed by atoms with E-state index in [1.54, 1.807) is 6.20 Å². The number of aromatic nitrogens is 1. The van der Waals surface area contributed by atoms with Gasteiger partial charge in [-0.2, -0.15) is 0 Å². The highest BCUT2D eigenvalue weighted by molar-refractivity contribution is 6.26. The summed E-state index contributed by atoms with van der Waals surface area (Å²) in [7, 11) is 0. The quantitative estimate of drug-likeness (QED) is 0.436. The van der Waals surface area contributed by atoms with E-state index in [1.807, 2.05) is 54.6 Å². The van der Waals surface area contributed by atoms with Crippen LogP contribution in [0, 0.1) is 11.8 Å². The van der Waals surface area contributed by atoms with Crippen LogP contribution in [0.3, 0.4) is 0 Å². The second-order valence-corrected chi connectivity index (χ2v) is 8.62. The molecule has 4 aliphatic rings. The van der Waals surface area contributed by atoms with Crippen molar-refractivity contribution in [1.29, 1.82) is 0 Å². The third-order valence-corrected chi connectivity index (χ3v) is 7.31. The Balaban J connectivity index is 1.47. The number of fused-ring (bicyclic) bond motifs is 1. The number of nitrogens with zero attached hydrogens (tertiary/aromatic N) is 2. The highest BCUT2D eigenvalue weighted by Gasteiger charge is 2.61. The van der Waals surface area contributed by atoms with Crippen LogP contribution in [0.2, 0.25) is 0 Å². The number of hydrogen-bond donors (Lipinski definition) is 0. The lowest BCUT2D eigenvalue weighted by Gasteiger charge is -2.45. The zero-order chi connectivity index (χ0) is 20.7. The summed E-state index contributed by atoms with van der Waals surface area (Å²) in [6, 6.07) is 26.1. The van der Waals surface area contributed by atoms with E-state index in [0.717, 1.165) is 10.9 Å². The van der Waals surface area contributed by atoms with E-state index < -0.39 is 0 Å². The fraction of sp³-hybridized carbons (Fsp3) is 0.148. The molecule has 31 heavy (non-hydrogen) atoms. The SMILES string of the molecule is O=C1[C@@H]2C3c4ccccc4C(c4ccccc43)[C@H]2C(=O)N1c1cccc2ncccc12. The normalized spacial score (nSPS) is 25.5. The van der Waals surface area contributed by atoms with Crippen LogP contribution in [0.4, 0.5) is 5.69 Å². The van der Waals surface area contributed by atoms with Gasteiger partial charge in [0.05, 0.1) is 23.0 Å². The highest BCUT2D eigenvalue weighted by Crippen LogP contribution is 2.61. The van der Waals surface area contributed by atoms with E-state index in [1.165, 1.54) is 27.2 Å². The molecule has 148 valence electrons. The lowest BCUT2D eigenvalue weighted by atomic mass is 9.55. The van der Waals surface area contributed by atoms with Crippen molar-refractivity contribution in [2.24, 2.45) is 11.8 Å². The Labute approximate surface area is 179 Å². The minimum Gasteiger partial charge on any atom is -0.274 e. The molecule has 0 radical (unpaired) electrons. The minimum absolute atomic E-state index is 0.0862. The van der Waals surface area contributed by atoms with E-state index in [0.29, 0.717) is 5.69 Å². The van der Waals surface area contributed by atoms with Crippen molar-refractivity contribution in [3.05, 3.63) is 107 Å². The summed E-state index contributed by atoms with van der Waals surface area (Å²) < 4.78 is 0. The Morgan fingerprint density at radius 2 is 1.16 bits per heavy atom. The van der Waals surface area contributed by atoms with Gasteiger partial charge >= 0.3 is 0 Å². The molecule has 2 bridgehead atoms. The van der Waals surface area contributed by atoms with Crippen molar-refractivity contribution in [3.8, 4) is 0 Å². The monoisotopic (exact) mass is 402 g/mol. The summed E-state index contributed by atoms with van der Waals surface area (Å²) >= 11 is 0. The largest absolute Gasteiger partial charge is 0.274 e. The van der Waals surface area contributed by atoms with Crippen LogP contribution >= 0.6 is 0 Å². The second kappa shape index (κ2) is 5.88. The van der Waals surface area contributed by atoms with Crippen LogP contribution in [0.5, 0.6) is 0 Å². The maximum Gasteiger partial charge on any atom is 0.238 e. The summed E-state index contributed by atoms with van der Waals surface area (Å²) in [6.07, 6.45) is 1.73. The Morgan fingerprint density at radius 1 is 0.613 bits per heavy atom. The lowest BCUT2D eigenvalue weighted by molar-refractivity contribution is -0.122. The van der Waals surface area contributed by atoms with Crippen molar-refractivity contribution in [2.75, 3.05) is 4.90 Å². The zero-order valence-electron chi connectivity index (χ0n) is 16.6. The van der Waals surface area contributed by atoms with E-state index in [2.05, 4.69) is 29.2 Å².